The number of fused-ring (bicyclic) bond motifs is 1. The summed E-state index contributed by atoms with van der Waals surface area (Å²) in [5, 5.41) is 0. The molecule has 0 bridgehead atoms. The van der Waals surface area contributed by atoms with E-state index in [4.69, 9.17) is 0 Å². The molecule has 2 aliphatic carbocycles. The molecule has 2 unspecified atom stereocenters. The standard InChI is InChI=1S/C14H26/c1-11(2)12-7-6-10-14(3)9-5-4-8-13(12)14/h11-13H,4-10H2,1-3H3/t12?,13?,14-/m0/s1. The molecule has 0 heterocycles. The maximum Gasteiger partial charge on any atom is -0.0295 e. The van der Waals surface area contributed by atoms with Gasteiger partial charge < -0.3 is 0 Å². The third-order valence-corrected chi connectivity index (χ3v) is 5.07. The SMILES string of the molecule is CC(C)C1CCC[C@]2(C)CCCCC12. The zero-order valence-corrected chi connectivity index (χ0v) is 10.2. The maximum absolute atomic E-state index is 2.57. The second-order valence-electron chi connectivity index (χ2n) is 6.31. The van der Waals surface area contributed by atoms with E-state index >= 15 is 0 Å². The molecule has 2 aliphatic rings. The topological polar surface area (TPSA) is 0 Å². The number of hydrogen-bond acceptors (Lipinski definition) is 0. The molecule has 2 saturated carbocycles. The molecule has 0 aromatic rings. The third kappa shape index (κ3) is 1.73. The Morgan fingerprint density at radius 1 is 1.00 bits per heavy atom. The van der Waals surface area contributed by atoms with E-state index in [2.05, 4.69) is 20.8 Å². The van der Waals surface area contributed by atoms with Crippen LogP contribution in [0, 0.1) is 23.2 Å². The van der Waals surface area contributed by atoms with E-state index in [9.17, 15) is 0 Å². The Kier molecular flexibility index (Phi) is 2.91. The molecule has 14 heavy (non-hydrogen) atoms. The average molecular weight is 194 g/mol. The van der Waals surface area contributed by atoms with Gasteiger partial charge in [0, 0.05) is 0 Å². The van der Waals surface area contributed by atoms with Crippen molar-refractivity contribution in [2.24, 2.45) is 23.2 Å². The molecule has 2 rings (SSSR count). The number of hydrogen-bond donors (Lipinski definition) is 0. The fourth-order valence-electron chi connectivity index (χ4n) is 4.21. The zero-order chi connectivity index (χ0) is 10.2. The predicted molar refractivity (Wildman–Crippen MR) is 62.2 cm³/mol. The van der Waals surface area contributed by atoms with Crippen LogP contribution in [0.4, 0.5) is 0 Å². The van der Waals surface area contributed by atoms with Crippen molar-refractivity contribution >= 4 is 0 Å². The maximum atomic E-state index is 2.57. The lowest BCUT2D eigenvalue weighted by atomic mass is 9.55. The van der Waals surface area contributed by atoms with Crippen molar-refractivity contribution in [2.75, 3.05) is 0 Å². The summed E-state index contributed by atoms with van der Waals surface area (Å²) in [6, 6.07) is 0. The highest BCUT2D eigenvalue weighted by molar-refractivity contribution is 4.94. The molecule has 82 valence electrons. The van der Waals surface area contributed by atoms with Gasteiger partial charge in [-0.25, -0.2) is 0 Å². The van der Waals surface area contributed by atoms with Crippen LogP contribution in [0.2, 0.25) is 0 Å². The third-order valence-electron chi connectivity index (χ3n) is 5.07. The van der Waals surface area contributed by atoms with Crippen molar-refractivity contribution in [3.63, 3.8) is 0 Å². The first-order valence-corrected chi connectivity index (χ1v) is 6.63. The second kappa shape index (κ2) is 3.87. The monoisotopic (exact) mass is 194 g/mol. The van der Waals surface area contributed by atoms with Gasteiger partial charge in [0.1, 0.15) is 0 Å². The smallest absolute Gasteiger partial charge is 0.0295 e. The van der Waals surface area contributed by atoms with Crippen LogP contribution in [-0.4, -0.2) is 0 Å². The predicted octanol–water partition coefficient (Wildman–Crippen LogP) is 4.64. The lowest BCUT2D eigenvalue weighted by Crippen LogP contribution is -2.41. The molecule has 0 nitrogen and oxygen atoms in total. The van der Waals surface area contributed by atoms with Crippen LogP contribution in [0.25, 0.3) is 0 Å². The van der Waals surface area contributed by atoms with E-state index < -0.39 is 0 Å². The Labute approximate surface area is 89.5 Å². The molecular formula is C14H26. The molecule has 0 radical (unpaired) electrons. The van der Waals surface area contributed by atoms with E-state index in [1.165, 1.54) is 44.9 Å². The molecule has 0 heteroatoms. The summed E-state index contributed by atoms with van der Waals surface area (Å²) >= 11 is 0. The highest BCUT2D eigenvalue weighted by atomic mass is 14.5. The lowest BCUT2D eigenvalue weighted by molar-refractivity contribution is -0.00288. The number of rotatable bonds is 1. The highest BCUT2D eigenvalue weighted by Crippen LogP contribution is 2.54. The molecular weight excluding hydrogens is 168 g/mol. The van der Waals surface area contributed by atoms with Gasteiger partial charge in [-0.1, -0.05) is 40.0 Å². The van der Waals surface area contributed by atoms with Crippen molar-refractivity contribution in [3.05, 3.63) is 0 Å². The minimum absolute atomic E-state index is 0.728. The van der Waals surface area contributed by atoms with E-state index in [1.54, 1.807) is 0 Å². The average Bonchev–Trinajstić information content (AvgIpc) is 2.15. The summed E-state index contributed by atoms with van der Waals surface area (Å²) in [4.78, 5) is 0. The highest BCUT2D eigenvalue weighted by Gasteiger charge is 2.43. The van der Waals surface area contributed by atoms with Crippen LogP contribution >= 0.6 is 0 Å². The summed E-state index contributed by atoms with van der Waals surface area (Å²) < 4.78 is 0. The van der Waals surface area contributed by atoms with Crippen LogP contribution in [0.5, 0.6) is 0 Å². The van der Waals surface area contributed by atoms with Gasteiger partial charge in [0.2, 0.25) is 0 Å². The van der Waals surface area contributed by atoms with Gasteiger partial charge in [0.15, 0.2) is 0 Å². The summed E-state index contributed by atoms with van der Waals surface area (Å²) in [6.07, 6.45) is 10.6. The molecule has 2 fully saturated rings. The zero-order valence-electron chi connectivity index (χ0n) is 10.2. The Morgan fingerprint density at radius 2 is 1.71 bits per heavy atom. The fourth-order valence-corrected chi connectivity index (χ4v) is 4.21. The Hall–Kier alpha value is 0. The van der Waals surface area contributed by atoms with Crippen LogP contribution in [0.15, 0.2) is 0 Å². The molecule has 0 spiro atoms. The molecule has 0 saturated heterocycles. The summed E-state index contributed by atoms with van der Waals surface area (Å²) in [6.45, 7) is 7.45. The first-order chi connectivity index (χ1) is 6.63. The van der Waals surface area contributed by atoms with E-state index in [-0.39, 0.29) is 0 Å². The van der Waals surface area contributed by atoms with Crippen LogP contribution in [0.1, 0.15) is 65.7 Å². The Balaban J connectivity index is 2.14. The van der Waals surface area contributed by atoms with Gasteiger partial charge in [-0.15, -0.1) is 0 Å². The summed E-state index contributed by atoms with van der Waals surface area (Å²) in [5.74, 6) is 3.01. The minimum atomic E-state index is 0.728. The van der Waals surface area contributed by atoms with Gasteiger partial charge in [0.25, 0.3) is 0 Å². The quantitative estimate of drug-likeness (QED) is 0.570. The van der Waals surface area contributed by atoms with E-state index in [0.29, 0.717) is 0 Å². The second-order valence-corrected chi connectivity index (χ2v) is 6.31. The van der Waals surface area contributed by atoms with Crippen LogP contribution in [0.3, 0.4) is 0 Å². The first-order valence-electron chi connectivity index (χ1n) is 6.63. The first kappa shape index (κ1) is 10.5. The van der Waals surface area contributed by atoms with Crippen molar-refractivity contribution in [3.8, 4) is 0 Å². The van der Waals surface area contributed by atoms with E-state index in [0.717, 1.165) is 23.2 Å². The molecule has 0 aromatic carbocycles. The van der Waals surface area contributed by atoms with Crippen molar-refractivity contribution < 1.29 is 0 Å². The van der Waals surface area contributed by atoms with Gasteiger partial charge in [-0.2, -0.15) is 0 Å². The minimum Gasteiger partial charge on any atom is -0.0625 e. The summed E-state index contributed by atoms with van der Waals surface area (Å²) in [7, 11) is 0. The van der Waals surface area contributed by atoms with Crippen molar-refractivity contribution in [1.29, 1.82) is 0 Å². The van der Waals surface area contributed by atoms with Gasteiger partial charge >= 0.3 is 0 Å². The largest absolute Gasteiger partial charge is 0.0625 e. The molecule has 0 N–H and O–H groups in total. The van der Waals surface area contributed by atoms with Gasteiger partial charge in [-0.3, -0.25) is 0 Å². The van der Waals surface area contributed by atoms with Crippen molar-refractivity contribution in [2.45, 2.75) is 65.7 Å². The van der Waals surface area contributed by atoms with Crippen LogP contribution < -0.4 is 0 Å². The van der Waals surface area contributed by atoms with Gasteiger partial charge in [-0.05, 0) is 48.9 Å². The van der Waals surface area contributed by atoms with Crippen LogP contribution in [-0.2, 0) is 0 Å². The Bertz CT molecular complexity index is 190. The summed E-state index contributed by atoms with van der Waals surface area (Å²) in [5.41, 5.74) is 0.728. The van der Waals surface area contributed by atoms with Crippen molar-refractivity contribution in [1.82, 2.24) is 0 Å². The molecule has 0 aromatic heterocycles. The Morgan fingerprint density at radius 3 is 2.43 bits per heavy atom. The normalized spacial score (nSPS) is 43.7. The molecule has 3 atom stereocenters. The van der Waals surface area contributed by atoms with E-state index in [1.807, 2.05) is 0 Å². The lowest BCUT2D eigenvalue weighted by Gasteiger charge is -2.50. The fraction of sp³-hybridized carbons (Fsp3) is 1.00. The van der Waals surface area contributed by atoms with Gasteiger partial charge in [0.05, 0.1) is 0 Å². The molecule has 0 aliphatic heterocycles. The molecule has 0 amide bonds.